The number of hydrogen-bond donors (Lipinski definition) is 2. The van der Waals surface area contributed by atoms with Crippen LogP contribution in [0.3, 0.4) is 0 Å². The van der Waals surface area contributed by atoms with E-state index in [4.69, 9.17) is 9.29 Å². The van der Waals surface area contributed by atoms with Crippen molar-refractivity contribution in [3.8, 4) is 5.75 Å². The quantitative estimate of drug-likeness (QED) is 0.736. The maximum Gasteiger partial charge on any atom is 0.294 e. The van der Waals surface area contributed by atoms with E-state index in [-0.39, 0.29) is 11.0 Å². The van der Waals surface area contributed by atoms with Gasteiger partial charge >= 0.3 is 0 Å². The van der Waals surface area contributed by atoms with Crippen molar-refractivity contribution in [2.75, 3.05) is 6.61 Å². The van der Waals surface area contributed by atoms with Gasteiger partial charge in [-0.15, -0.1) is 0 Å². The summed E-state index contributed by atoms with van der Waals surface area (Å²) in [6, 6.07) is 15.9. The fourth-order valence-electron chi connectivity index (χ4n) is 3.08. The number of rotatable bonds is 5. The highest BCUT2D eigenvalue weighted by atomic mass is 32.2. The van der Waals surface area contributed by atoms with Crippen LogP contribution >= 0.6 is 0 Å². The van der Waals surface area contributed by atoms with E-state index in [1.807, 2.05) is 6.07 Å². The Bertz CT molecular complexity index is 781. The van der Waals surface area contributed by atoms with E-state index in [1.165, 1.54) is 17.7 Å². The summed E-state index contributed by atoms with van der Waals surface area (Å²) >= 11 is 0. The minimum absolute atomic E-state index is 0.0741. The molecule has 1 aliphatic rings. The molecule has 1 aliphatic carbocycles. The van der Waals surface area contributed by atoms with Crippen LogP contribution < -0.4 is 4.74 Å². The average Bonchev–Trinajstić information content (AvgIpc) is 2.68. The number of ether oxygens (including phenoxy) is 1. The van der Waals surface area contributed by atoms with Crippen molar-refractivity contribution < 1.29 is 22.8 Å². The van der Waals surface area contributed by atoms with Gasteiger partial charge in [-0.05, 0) is 67.9 Å². The molecule has 0 aromatic heterocycles. The molecule has 0 aliphatic heterocycles. The van der Waals surface area contributed by atoms with Crippen LogP contribution in [0.1, 0.15) is 50.5 Å². The molecule has 0 amide bonds. The molecule has 148 valence electrons. The smallest absolute Gasteiger partial charge is 0.294 e. The molecule has 3 rings (SSSR count). The third-order valence-corrected chi connectivity index (χ3v) is 5.41. The van der Waals surface area contributed by atoms with Crippen molar-refractivity contribution in [3.63, 3.8) is 0 Å². The third kappa shape index (κ3) is 7.33. The minimum atomic E-state index is -4.00. The van der Waals surface area contributed by atoms with E-state index >= 15 is 0 Å². The summed E-state index contributed by atoms with van der Waals surface area (Å²) in [6.07, 6.45) is 5.03. The van der Waals surface area contributed by atoms with Crippen LogP contribution in [0.15, 0.2) is 59.5 Å². The molecule has 0 heterocycles. The van der Waals surface area contributed by atoms with Crippen LogP contribution in [0.2, 0.25) is 0 Å². The molecule has 0 bridgehead atoms. The van der Waals surface area contributed by atoms with Gasteiger partial charge < -0.3 is 9.84 Å². The Morgan fingerprint density at radius 2 is 1.67 bits per heavy atom. The van der Waals surface area contributed by atoms with Gasteiger partial charge in [0, 0.05) is 0 Å². The zero-order chi connectivity index (χ0) is 19.7. The number of benzene rings is 2. The second-order valence-corrected chi connectivity index (χ2v) is 8.14. The normalized spacial score (nSPS) is 19.7. The molecule has 0 unspecified atom stereocenters. The lowest BCUT2D eigenvalue weighted by Crippen LogP contribution is -2.16. The molecule has 0 radical (unpaired) electrons. The molecular formula is C21H28O5S. The topological polar surface area (TPSA) is 83.8 Å². The van der Waals surface area contributed by atoms with Gasteiger partial charge in [-0.1, -0.05) is 37.3 Å². The molecule has 2 N–H and O–H groups in total. The highest BCUT2D eigenvalue weighted by molar-refractivity contribution is 7.85. The van der Waals surface area contributed by atoms with Crippen LogP contribution in [0.25, 0.3) is 0 Å². The summed E-state index contributed by atoms with van der Waals surface area (Å²) in [5, 5.41) is 9.52. The van der Waals surface area contributed by atoms with Gasteiger partial charge in [0.15, 0.2) is 0 Å². The molecule has 0 saturated heterocycles. The minimum Gasteiger partial charge on any atom is -0.494 e. The summed E-state index contributed by atoms with van der Waals surface area (Å²) < 4.78 is 34.9. The van der Waals surface area contributed by atoms with Crippen molar-refractivity contribution in [1.29, 1.82) is 0 Å². The van der Waals surface area contributed by atoms with Crippen molar-refractivity contribution in [1.82, 2.24) is 0 Å². The first kappa shape index (κ1) is 21.4. The van der Waals surface area contributed by atoms with E-state index in [1.54, 1.807) is 18.2 Å². The van der Waals surface area contributed by atoms with Crippen LogP contribution in [-0.4, -0.2) is 30.8 Å². The fourth-order valence-corrected chi connectivity index (χ4v) is 3.58. The lowest BCUT2D eigenvalue weighted by molar-refractivity contribution is 0.122. The number of hydrogen-bond acceptors (Lipinski definition) is 4. The van der Waals surface area contributed by atoms with E-state index in [9.17, 15) is 13.5 Å². The predicted molar refractivity (Wildman–Crippen MR) is 106 cm³/mol. The molecule has 1 fully saturated rings. The lowest BCUT2D eigenvalue weighted by atomic mass is 9.83. The van der Waals surface area contributed by atoms with Gasteiger partial charge in [0.1, 0.15) is 5.75 Å². The molecule has 0 atom stereocenters. The summed E-state index contributed by atoms with van der Waals surface area (Å²) in [5.41, 5.74) is 1.37. The highest BCUT2D eigenvalue weighted by Crippen LogP contribution is 2.34. The zero-order valence-corrected chi connectivity index (χ0v) is 16.4. The van der Waals surface area contributed by atoms with Gasteiger partial charge in [0.05, 0.1) is 17.6 Å². The Morgan fingerprint density at radius 3 is 2.22 bits per heavy atom. The van der Waals surface area contributed by atoms with Gasteiger partial charge in [0.25, 0.3) is 10.1 Å². The van der Waals surface area contributed by atoms with Crippen LogP contribution in [0, 0.1) is 0 Å². The number of aliphatic hydroxyl groups is 1. The molecule has 2 aromatic carbocycles. The maximum atomic E-state index is 10.4. The van der Waals surface area contributed by atoms with E-state index in [2.05, 4.69) is 25.1 Å². The monoisotopic (exact) mass is 392 g/mol. The summed E-state index contributed by atoms with van der Waals surface area (Å²) in [6.45, 7) is 2.90. The van der Waals surface area contributed by atoms with Gasteiger partial charge in [-0.3, -0.25) is 4.55 Å². The Labute approximate surface area is 161 Å². The molecule has 2 aromatic rings. The van der Waals surface area contributed by atoms with Crippen LogP contribution in [0.4, 0.5) is 0 Å². The van der Waals surface area contributed by atoms with Crippen molar-refractivity contribution in [2.24, 2.45) is 0 Å². The standard InChI is InChI=1S/C15H22O2.C6H6O3S/c1-2-10-17-15-5-3-4-13(11-15)12-6-8-14(16)9-7-12;7-10(8,9)6-4-2-1-3-5-6/h3-5,11-12,14,16H,2,6-10H2,1H3;1-5H,(H,7,8,9). The van der Waals surface area contributed by atoms with E-state index < -0.39 is 10.1 Å². The first-order valence-electron chi connectivity index (χ1n) is 9.33. The Hall–Kier alpha value is -1.89. The van der Waals surface area contributed by atoms with Gasteiger partial charge in [-0.25, -0.2) is 0 Å². The van der Waals surface area contributed by atoms with Crippen molar-refractivity contribution in [2.45, 2.75) is 55.9 Å². The fraction of sp³-hybridized carbons (Fsp3) is 0.429. The summed E-state index contributed by atoms with van der Waals surface area (Å²) in [7, 11) is -4.00. The van der Waals surface area contributed by atoms with Crippen LogP contribution in [-0.2, 0) is 10.1 Å². The maximum absolute atomic E-state index is 10.4. The summed E-state index contributed by atoms with van der Waals surface area (Å²) in [5.74, 6) is 1.58. The van der Waals surface area contributed by atoms with Crippen LogP contribution in [0.5, 0.6) is 5.75 Å². The molecule has 6 heteroatoms. The second kappa shape index (κ2) is 10.4. The zero-order valence-electron chi connectivity index (χ0n) is 15.6. The SMILES string of the molecule is CCCOc1cccc(C2CCC(O)CC2)c1.O=S(=O)(O)c1ccccc1. The lowest BCUT2D eigenvalue weighted by Gasteiger charge is -2.25. The molecule has 0 spiro atoms. The molecule has 27 heavy (non-hydrogen) atoms. The molecule has 1 saturated carbocycles. The highest BCUT2D eigenvalue weighted by Gasteiger charge is 2.20. The van der Waals surface area contributed by atoms with Gasteiger partial charge in [-0.2, -0.15) is 8.42 Å². The number of aliphatic hydroxyl groups excluding tert-OH is 1. The first-order chi connectivity index (χ1) is 12.9. The predicted octanol–water partition coefficient (Wildman–Crippen LogP) is 4.43. The molecular weight excluding hydrogens is 364 g/mol. The summed E-state index contributed by atoms with van der Waals surface area (Å²) in [4.78, 5) is -0.0741. The van der Waals surface area contributed by atoms with E-state index in [0.29, 0.717) is 5.92 Å². The molecule has 5 nitrogen and oxygen atoms in total. The largest absolute Gasteiger partial charge is 0.494 e. The van der Waals surface area contributed by atoms with Gasteiger partial charge in [0.2, 0.25) is 0 Å². The Balaban J connectivity index is 0.000000223. The average molecular weight is 393 g/mol. The Kier molecular flexibility index (Phi) is 8.28. The van der Waals surface area contributed by atoms with E-state index in [0.717, 1.165) is 44.5 Å². The second-order valence-electron chi connectivity index (χ2n) is 6.71. The van der Waals surface area contributed by atoms with Crippen molar-refractivity contribution in [3.05, 3.63) is 60.2 Å². The van der Waals surface area contributed by atoms with Crippen molar-refractivity contribution >= 4 is 10.1 Å². The Morgan fingerprint density at radius 1 is 1.00 bits per heavy atom. The third-order valence-electron chi connectivity index (χ3n) is 4.54. The first-order valence-corrected chi connectivity index (χ1v) is 10.8.